The second-order valence-electron chi connectivity index (χ2n) is 5.34. The van der Waals surface area contributed by atoms with E-state index in [0.29, 0.717) is 6.10 Å². The van der Waals surface area contributed by atoms with Crippen LogP contribution < -0.4 is 0 Å². The number of ether oxygens (including phenoxy) is 2. The van der Waals surface area contributed by atoms with Crippen LogP contribution in [0.2, 0.25) is 0 Å². The molecule has 0 bridgehead atoms. The molecule has 2 atom stereocenters. The minimum Gasteiger partial charge on any atom is -0.350 e. The van der Waals surface area contributed by atoms with E-state index >= 15 is 0 Å². The maximum absolute atomic E-state index is 6.19. The second-order valence-corrected chi connectivity index (χ2v) is 5.34. The highest BCUT2D eigenvalue weighted by molar-refractivity contribution is 4.82. The monoisotopic (exact) mass is 226 g/mol. The van der Waals surface area contributed by atoms with Crippen LogP contribution in [0.25, 0.3) is 0 Å². The molecule has 0 amide bonds. The van der Waals surface area contributed by atoms with Crippen LogP contribution in [0.3, 0.4) is 0 Å². The molecular formula is C14H26O2. The van der Waals surface area contributed by atoms with Crippen molar-refractivity contribution in [1.82, 2.24) is 0 Å². The summed E-state index contributed by atoms with van der Waals surface area (Å²) in [5, 5.41) is 0. The molecule has 0 aromatic carbocycles. The lowest BCUT2D eigenvalue weighted by Gasteiger charge is -2.37. The van der Waals surface area contributed by atoms with Gasteiger partial charge in [0.05, 0.1) is 12.7 Å². The van der Waals surface area contributed by atoms with Crippen molar-refractivity contribution < 1.29 is 9.47 Å². The fourth-order valence-electron chi connectivity index (χ4n) is 2.98. The van der Waals surface area contributed by atoms with E-state index < -0.39 is 0 Å². The third kappa shape index (κ3) is 3.21. The Kier molecular flexibility index (Phi) is 4.66. The quantitative estimate of drug-likeness (QED) is 0.659. The summed E-state index contributed by atoms with van der Waals surface area (Å²) in [6.45, 7) is 3.17. The maximum atomic E-state index is 6.19. The summed E-state index contributed by atoms with van der Waals surface area (Å²) in [7, 11) is 0. The Morgan fingerprint density at radius 3 is 2.75 bits per heavy atom. The van der Waals surface area contributed by atoms with Crippen LogP contribution in [-0.4, -0.2) is 18.5 Å². The van der Waals surface area contributed by atoms with Gasteiger partial charge in [-0.15, -0.1) is 0 Å². The largest absolute Gasteiger partial charge is 0.350 e. The van der Waals surface area contributed by atoms with E-state index in [0.717, 1.165) is 19.4 Å². The van der Waals surface area contributed by atoms with E-state index in [4.69, 9.17) is 9.47 Å². The Labute approximate surface area is 99.7 Å². The van der Waals surface area contributed by atoms with Crippen LogP contribution in [0, 0.1) is 0 Å². The Hall–Kier alpha value is -0.0800. The lowest BCUT2D eigenvalue weighted by Crippen LogP contribution is -2.40. The molecule has 0 aliphatic carbocycles. The third-order valence-corrected chi connectivity index (χ3v) is 3.91. The van der Waals surface area contributed by atoms with E-state index in [-0.39, 0.29) is 5.79 Å². The van der Waals surface area contributed by atoms with E-state index in [1.165, 1.54) is 51.4 Å². The Morgan fingerprint density at radius 2 is 2.00 bits per heavy atom. The van der Waals surface area contributed by atoms with Gasteiger partial charge in [-0.3, -0.25) is 0 Å². The van der Waals surface area contributed by atoms with E-state index in [2.05, 4.69) is 6.92 Å². The molecule has 2 rings (SSSR count). The maximum Gasteiger partial charge on any atom is 0.168 e. The van der Waals surface area contributed by atoms with Gasteiger partial charge in [0.2, 0.25) is 0 Å². The summed E-state index contributed by atoms with van der Waals surface area (Å²) in [5.74, 6) is -0.159. The predicted molar refractivity (Wildman–Crippen MR) is 65.4 cm³/mol. The molecule has 94 valence electrons. The summed E-state index contributed by atoms with van der Waals surface area (Å²) >= 11 is 0. The summed E-state index contributed by atoms with van der Waals surface area (Å²) in [4.78, 5) is 0. The molecule has 0 aromatic heterocycles. The zero-order valence-corrected chi connectivity index (χ0v) is 10.7. The molecule has 16 heavy (non-hydrogen) atoms. The highest BCUT2D eigenvalue weighted by Crippen LogP contribution is 2.38. The highest BCUT2D eigenvalue weighted by Gasteiger charge is 2.40. The molecule has 2 fully saturated rings. The fourth-order valence-corrected chi connectivity index (χ4v) is 2.98. The van der Waals surface area contributed by atoms with Crippen LogP contribution in [0.1, 0.15) is 71.1 Å². The van der Waals surface area contributed by atoms with Gasteiger partial charge >= 0.3 is 0 Å². The Balaban J connectivity index is 1.70. The van der Waals surface area contributed by atoms with Crippen molar-refractivity contribution >= 4 is 0 Å². The van der Waals surface area contributed by atoms with Crippen LogP contribution in [-0.2, 0) is 9.47 Å². The van der Waals surface area contributed by atoms with Gasteiger partial charge in [0.1, 0.15) is 0 Å². The first-order chi connectivity index (χ1) is 7.85. The van der Waals surface area contributed by atoms with Gasteiger partial charge in [-0.2, -0.15) is 0 Å². The van der Waals surface area contributed by atoms with Gasteiger partial charge in [0.25, 0.3) is 0 Å². The molecule has 0 unspecified atom stereocenters. The van der Waals surface area contributed by atoms with Gasteiger partial charge < -0.3 is 9.47 Å². The van der Waals surface area contributed by atoms with Crippen molar-refractivity contribution in [2.75, 3.05) is 6.61 Å². The standard InChI is InChI=1S/C14H26O2/c1-2-3-4-5-8-13-9-6-10-14(16-13)11-7-12-15-14/h13H,2-12H2,1H3/t13-,14-/m0/s1. The van der Waals surface area contributed by atoms with Crippen LogP contribution in [0.5, 0.6) is 0 Å². The summed E-state index contributed by atoms with van der Waals surface area (Å²) in [5.41, 5.74) is 0. The summed E-state index contributed by atoms with van der Waals surface area (Å²) in [6, 6.07) is 0. The molecule has 1 spiro atoms. The lowest BCUT2D eigenvalue weighted by molar-refractivity contribution is -0.258. The Bertz CT molecular complexity index is 197. The molecule has 2 heterocycles. The summed E-state index contributed by atoms with van der Waals surface area (Å²) < 4.78 is 12.0. The van der Waals surface area contributed by atoms with Gasteiger partial charge in [-0.1, -0.05) is 32.6 Å². The number of hydrogen-bond donors (Lipinski definition) is 0. The molecule has 2 nitrogen and oxygen atoms in total. The first kappa shape index (κ1) is 12.4. The second kappa shape index (κ2) is 6.02. The topological polar surface area (TPSA) is 18.5 Å². The third-order valence-electron chi connectivity index (χ3n) is 3.91. The highest BCUT2D eigenvalue weighted by atomic mass is 16.7. The zero-order valence-electron chi connectivity index (χ0n) is 10.7. The molecule has 0 aromatic rings. The molecule has 0 N–H and O–H groups in total. The number of unbranched alkanes of at least 4 members (excludes halogenated alkanes) is 3. The molecule has 0 radical (unpaired) electrons. The van der Waals surface area contributed by atoms with Crippen molar-refractivity contribution in [3.8, 4) is 0 Å². The first-order valence-electron chi connectivity index (χ1n) is 7.16. The Morgan fingerprint density at radius 1 is 1.12 bits per heavy atom. The minimum absolute atomic E-state index is 0.159. The van der Waals surface area contributed by atoms with Gasteiger partial charge in [-0.05, 0) is 25.7 Å². The average Bonchev–Trinajstić information content (AvgIpc) is 2.73. The normalized spacial score (nSPS) is 34.7. The summed E-state index contributed by atoms with van der Waals surface area (Å²) in [6.07, 6.45) is 13.1. The molecule has 2 aliphatic rings. The fraction of sp³-hybridized carbons (Fsp3) is 1.00. The number of hydrogen-bond acceptors (Lipinski definition) is 2. The van der Waals surface area contributed by atoms with E-state index in [9.17, 15) is 0 Å². The van der Waals surface area contributed by atoms with Gasteiger partial charge in [0, 0.05) is 12.8 Å². The van der Waals surface area contributed by atoms with E-state index in [1.54, 1.807) is 0 Å². The molecule has 2 heteroatoms. The minimum atomic E-state index is -0.159. The zero-order chi connectivity index (χ0) is 11.3. The van der Waals surface area contributed by atoms with Crippen molar-refractivity contribution in [2.24, 2.45) is 0 Å². The molecular weight excluding hydrogens is 200 g/mol. The average molecular weight is 226 g/mol. The van der Waals surface area contributed by atoms with Crippen molar-refractivity contribution in [3.05, 3.63) is 0 Å². The van der Waals surface area contributed by atoms with Crippen molar-refractivity contribution in [1.29, 1.82) is 0 Å². The van der Waals surface area contributed by atoms with E-state index in [1.807, 2.05) is 0 Å². The number of rotatable bonds is 5. The van der Waals surface area contributed by atoms with Gasteiger partial charge in [0.15, 0.2) is 5.79 Å². The van der Waals surface area contributed by atoms with Crippen molar-refractivity contribution in [3.63, 3.8) is 0 Å². The molecule has 0 saturated carbocycles. The lowest BCUT2D eigenvalue weighted by atomic mass is 9.96. The van der Waals surface area contributed by atoms with Crippen LogP contribution in [0.4, 0.5) is 0 Å². The van der Waals surface area contributed by atoms with Gasteiger partial charge in [-0.25, -0.2) is 0 Å². The smallest absolute Gasteiger partial charge is 0.168 e. The first-order valence-corrected chi connectivity index (χ1v) is 7.16. The molecule has 2 saturated heterocycles. The van der Waals surface area contributed by atoms with Crippen LogP contribution in [0.15, 0.2) is 0 Å². The molecule has 2 aliphatic heterocycles. The van der Waals surface area contributed by atoms with Crippen LogP contribution >= 0.6 is 0 Å². The SMILES string of the molecule is CCCCCC[C@H]1CCC[C@@]2(CCCO2)O1. The van der Waals surface area contributed by atoms with Crippen molar-refractivity contribution in [2.45, 2.75) is 83.0 Å². The predicted octanol–water partition coefficient (Wildman–Crippen LogP) is 4.03.